The van der Waals surface area contributed by atoms with Crippen molar-refractivity contribution >= 4 is 5.97 Å². The van der Waals surface area contributed by atoms with Crippen LogP contribution in [-0.4, -0.2) is 27.0 Å². The van der Waals surface area contributed by atoms with Crippen molar-refractivity contribution in [1.82, 2.24) is 9.97 Å². The van der Waals surface area contributed by atoms with E-state index in [1.54, 1.807) is 0 Å². The van der Waals surface area contributed by atoms with Gasteiger partial charge in [0.1, 0.15) is 11.9 Å². The maximum absolute atomic E-state index is 12.7. The summed E-state index contributed by atoms with van der Waals surface area (Å²) in [6, 6.07) is -1.96. The fourth-order valence-electron chi connectivity index (χ4n) is 0.752. The molecule has 1 rings (SSSR count). The van der Waals surface area contributed by atoms with E-state index in [0.717, 1.165) is 0 Å². The molecule has 4 N–H and O–H groups in total. The summed E-state index contributed by atoms with van der Waals surface area (Å²) in [5, 5.41) is 8.14. The first-order valence-corrected chi connectivity index (χ1v) is 3.32. The number of rotatable bonds is 3. The third-order valence-corrected chi connectivity index (χ3v) is 1.49. The molecule has 1 atom stereocenters. The van der Waals surface area contributed by atoms with Crippen LogP contribution in [0.3, 0.4) is 0 Å². The van der Waals surface area contributed by atoms with E-state index in [2.05, 4.69) is 9.97 Å². The summed E-state index contributed by atoms with van der Waals surface area (Å²) in [5.74, 6) is -6.54. The van der Waals surface area contributed by atoms with Crippen LogP contribution >= 0.6 is 0 Å². The van der Waals surface area contributed by atoms with Crippen LogP contribution in [0.2, 0.25) is 0 Å². The predicted octanol–water partition coefficient (Wildman–Crippen LogP) is 0.129. The van der Waals surface area contributed by atoms with Gasteiger partial charge in [0.25, 0.3) is 0 Å². The Morgan fingerprint density at radius 3 is 2.77 bits per heavy atom. The van der Waals surface area contributed by atoms with E-state index in [1.807, 2.05) is 0 Å². The molecule has 0 saturated heterocycles. The molecule has 0 saturated carbocycles. The lowest BCUT2D eigenvalue weighted by atomic mass is 10.1. The second-order valence-electron chi connectivity index (χ2n) is 2.38. The number of carboxylic acids is 1. The Balaban J connectivity index is 2.90. The molecule has 0 aliphatic heterocycles. The fourth-order valence-corrected chi connectivity index (χ4v) is 0.752. The first kappa shape index (κ1) is 9.59. The maximum atomic E-state index is 12.7. The zero-order valence-electron chi connectivity index (χ0n) is 6.37. The minimum atomic E-state index is -4.02. The Bertz CT molecular complexity index is 299. The van der Waals surface area contributed by atoms with E-state index >= 15 is 0 Å². The summed E-state index contributed by atoms with van der Waals surface area (Å²) in [6.07, 6.45) is 2.50. The molecular weight excluding hydrogens is 184 g/mol. The van der Waals surface area contributed by atoms with E-state index in [4.69, 9.17) is 10.8 Å². The second-order valence-corrected chi connectivity index (χ2v) is 2.38. The Hall–Kier alpha value is -1.50. The number of carboxylic acid groups (broad SMARTS) is 1. The molecule has 1 heterocycles. The van der Waals surface area contributed by atoms with Crippen molar-refractivity contribution in [1.29, 1.82) is 0 Å². The highest BCUT2D eigenvalue weighted by molar-refractivity contribution is 5.76. The SMILES string of the molecule is NC(c1ncc[nH]1)C(F)(F)C(=O)O. The average molecular weight is 191 g/mol. The molecule has 13 heavy (non-hydrogen) atoms. The largest absolute Gasteiger partial charge is 0.477 e. The van der Waals surface area contributed by atoms with E-state index in [0.29, 0.717) is 0 Å². The van der Waals surface area contributed by atoms with E-state index in [9.17, 15) is 13.6 Å². The van der Waals surface area contributed by atoms with Gasteiger partial charge in [0.05, 0.1) is 0 Å². The lowest BCUT2D eigenvalue weighted by molar-refractivity contribution is -0.168. The quantitative estimate of drug-likeness (QED) is 0.633. The van der Waals surface area contributed by atoms with Gasteiger partial charge in [0, 0.05) is 12.4 Å². The van der Waals surface area contributed by atoms with Crippen molar-refractivity contribution < 1.29 is 18.7 Å². The van der Waals surface area contributed by atoms with Crippen LogP contribution in [0.1, 0.15) is 11.9 Å². The van der Waals surface area contributed by atoms with Gasteiger partial charge in [-0.15, -0.1) is 0 Å². The van der Waals surface area contributed by atoms with Gasteiger partial charge < -0.3 is 15.8 Å². The Kier molecular flexibility index (Phi) is 2.28. The summed E-state index contributed by atoms with van der Waals surface area (Å²) in [6.45, 7) is 0. The molecule has 1 aromatic heterocycles. The van der Waals surface area contributed by atoms with Crippen molar-refractivity contribution in [2.24, 2.45) is 5.73 Å². The van der Waals surface area contributed by atoms with Gasteiger partial charge in [0.2, 0.25) is 0 Å². The molecule has 0 spiro atoms. The molecule has 0 bridgehead atoms. The highest BCUT2D eigenvalue weighted by Gasteiger charge is 2.47. The number of imidazole rings is 1. The van der Waals surface area contributed by atoms with Crippen LogP contribution in [0.4, 0.5) is 8.78 Å². The molecule has 7 heteroatoms. The first-order chi connectivity index (χ1) is 5.96. The average Bonchev–Trinajstić information content (AvgIpc) is 2.54. The van der Waals surface area contributed by atoms with Gasteiger partial charge in [-0.2, -0.15) is 8.78 Å². The molecule has 1 unspecified atom stereocenters. The molecule has 0 aliphatic carbocycles. The molecule has 0 fully saturated rings. The van der Waals surface area contributed by atoms with Gasteiger partial charge >= 0.3 is 11.9 Å². The smallest absolute Gasteiger partial charge is 0.376 e. The van der Waals surface area contributed by atoms with Crippen LogP contribution in [0.15, 0.2) is 12.4 Å². The number of nitrogens with zero attached hydrogens (tertiary/aromatic N) is 1. The number of alkyl halides is 2. The monoisotopic (exact) mass is 191 g/mol. The molecule has 0 radical (unpaired) electrons. The normalized spacial score (nSPS) is 14.1. The van der Waals surface area contributed by atoms with E-state index in [1.165, 1.54) is 12.4 Å². The van der Waals surface area contributed by atoms with Crippen molar-refractivity contribution in [2.75, 3.05) is 0 Å². The number of hydrogen-bond acceptors (Lipinski definition) is 3. The highest BCUT2D eigenvalue weighted by Crippen LogP contribution is 2.27. The van der Waals surface area contributed by atoms with Crippen molar-refractivity contribution in [3.8, 4) is 0 Å². The maximum Gasteiger partial charge on any atom is 0.376 e. The molecular formula is C6H7F2N3O2. The summed E-state index contributed by atoms with van der Waals surface area (Å²) in [5.41, 5.74) is 4.99. The molecule has 0 aliphatic rings. The standard InChI is InChI=1S/C6H7F2N3O2/c7-6(8,5(12)13)3(9)4-10-1-2-11-4/h1-3H,9H2,(H,10,11)(H,12,13). The predicted molar refractivity (Wildman–Crippen MR) is 38.1 cm³/mol. The number of aliphatic carboxylic acids is 1. The van der Waals surface area contributed by atoms with Gasteiger partial charge in [0.15, 0.2) is 0 Å². The van der Waals surface area contributed by atoms with Gasteiger partial charge in [-0.3, -0.25) is 0 Å². The van der Waals surface area contributed by atoms with Crippen LogP contribution < -0.4 is 5.73 Å². The Labute approximate surface area is 71.6 Å². The number of aromatic amines is 1. The fraction of sp³-hybridized carbons (Fsp3) is 0.333. The van der Waals surface area contributed by atoms with Crippen LogP contribution in [0.5, 0.6) is 0 Å². The summed E-state index contributed by atoms with van der Waals surface area (Å²) in [4.78, 5) is 15.8. The number of aromatic nitrogens is 2. The lowest BCUT2D eigenvalue weighted by Gasteiger charge is -2.16. The summed E-state index contributed by atoms with van der Waals surface area (Å²) >= 11 is 0. The minimum absolute atomic E-state index is 0.257. The summed E-state index contributed by atoms with van der Waals surface area (Å²) < 4.78 is 25.4. The molecule has 0 aromatic carbocycles. The number of nitrogens with two attached hydrogens (primary N) is 1. The van der Waals surface area contributed by atoms with Crippen LogP contribution in [0.25, 0.3) is 0 Å². The van der Waals surface area contributed by atoms with Crippen LogP contribution in [-0.2, 0) is 4.79 Å². The molecule has 5 nitrogen and oxygen atoms in total. The zero-order chi connectivity index (χ0) is 10.1. The lowest BCUT2D eigenvalue weighted by Crippen LogP contribution is -2.40. The Morgan fingerprint density at radius 2 is 2.38 bits per heavy atom. The number of H-pyrrole nitrogens is 1. The van der Waals surface area contributed by atoms with Crippen molar-refractivity contribution in [3.63, 3.8) is 0 Å². The van der Waals surface area contributed by atoms with Gasteiger partial charge in [-0.1, -0.05) is 0 Å². The van der Waals surface area contributed by atoms with E-state index < -0.39 is 17.9 Å². The van der Waals surface area contributed by atoms with Crippen molar-refractivity contribution in [3.05, 3.63) is 18.2 Å². The summed E-state index contributed by atoms with van der Waals surface area (Å²) in [7, 11) is 0. The number of carbonyl (C=O) groups is 1. The van der Waals surface area contributed by atoms with Gasteiger partial charge in [-0.25, -0.2) is 9.78 Å². The van der Waals surface area contributed by atoms with Gasteiger partial charge in [-0.05, 0) is 0 Å². The number of hydrogen-bond donors (Lipinski definition) is 3. The minimum Gasteiger partial charge on any atom is -0.477 e. The highest BCUT2D eigenvalue weighted by atomic mass is 19.3. The Morgan fingerprint density at radius 1 is 1.77 bits per heavy atom. The zero-order valence-corrected chi connectivity index (χ0v) is 6.37. The number of nitrogens with one attached hydrogen (secondary N) is 1. The van der Waals surface area contributed by atoms with Crippen molar-refractivity contribution in [2.45, 2.75) is 12.0 Å². The molecule has 1 aromatic rings. The second kappa shape index (κ2) is 3.09. The van der Waals surface area contributed by atoms with E-state index in [-0.39, 0.29) is 5.82 Å². The first-order valence-electron chi connectivity index (χ1n) is 3.32. The van der Waals surface area contributed by atoms with Crippen LogP contribution in [0, 0.1) is 0 Å². The molecule has 72 valence electrons. The number of halogens is 2. The third-order valence-electron chi connectivity index (χ3n) is 1.49. The third kappa shape index (κ3) is 1.64. The topological polar surface area (TPSA) is 92.0 Å². The molecule has 0 amide bonds.